The molecule has 1 aliphatic rings. The Morgan fingerprint density at radius 3 is 2.88 bits per heavy atom. The van der Waals surface area contributed by atoms with Crippen LogP contribution in [0.3, 0.4) is 0 Å². The number of halogens is 2. The van der Waals surface area contributed by atoms with Gasteiger partial charge in [0.25, 0.3) is 0 Å². The SMILES string of the molecule is O=[N+]([O-])c1ccc(Sc2nnc3n2CCCCC3)cc1OC(F)F. The lowest BCUT2D eigenvalue weighted by Gasteiger charge is -2.09. The van der Waals surface area contributed by atoms with Crippen LogP contribution in [-0.4, -0.2) is 26.3 Å². The van der Waals surface area contributed by atoms with Crippen molar-refractivity contribution in [3.8, 4) is 5.75 Å². The number of nitro benzene ring substituents is 1. The van der Waals surface area contributed by atoms with Crippen molar-refractivity contribution in [3.05, 3.63) is 34.1 Å². The van der Waals surface area contributed by atoms with Gasteiger partial charge in [0.05, 0.1) is 4.92 Å². The molecule has 10 heteroatoms. The Kier molecular flexibility index (Phi) is 4.93. The number of hydrogen-bond donors (Lipinski definition) is 0. The number of nitrogens with zero attached hydrogens (tertiary/aromatic N) is 4. The normalized spacial score (nSPS) is 14.3. The molecular weight excluding hydrogens is 342 g/mol. The fourth-order valence-electron chi connectivity index (χ4n) is 2.54. The minimum Gasteiger partial charge on any atom is -0.427 e. The van der Waals surface area contributed by atoms with Crippen molar-refractivity contribution in [2.45, 2.75) is 48.9 Å². The van der Waals surface area contributed by atoms with Crippen LogP contribution in [0.25, 0.3) is 0 Å². The molecule has 3 rings (SSSR count). The van der Waals surface area contributed by atoms with Crippen LogP contribution in [0.2, 0.25) is 0 Å². The summed E-state index contributed by atoms with van der Waals surface area (Å²) in [5.41, 5.74) is -0.500. The summed E-state index contributed by atoms with van der Waals surface area (Å²) >= 11 is 1.22. The van der Waals surface area contributed by atoms with Crippen molar-refractivity contribution in [3.63, 3.8) is 0 Å². The van der Waals surface area contributed by atoms with Gasteiger partial charge in [-0.05, 0) is 30.7 Å². The molecule has 128 valence electrons. The zero-order chi connectivity index (χ0) is 17.1. The topological polar surface area (TPSA) is 83.1 Å². The first-order valence-corrected chi connectivity index (χ1v) is 8.19. The molecule has 0 atom stereocenters. The second-order valence-corrected chi connectivity index (χ2v) is 6.27. The molecule has 0 saturated heterocycles. The van der Waals surface area contributed by atoms with Crippen molar-refractivity contribution in [2.24, 2.45) is 0 Å². The molecule has 0 aliphatic carbocycles. The highest BCUT2D eigenvalue weighted by Gasteiger charge is 2.21. The molecule has 0 bridgehead atoms. The van der Waals surface area contributed by atoms with E-state index in [4.69, 9.17) is 0 Å². The summed E-state index contributed by atoms with van der Waals surface area (Å²) in [4.78, 5) is 10.7. The third kappa shape index (κ3) is 3.64. The Balaban J connectivity index is 1.88. The quantitative estimate of drug-likeness (QED) is 0.600. The Morgan fingerprint density at radius 2 is 2.12 bits per heavy atom. The summed E-state index contributed by atoms with van der Waals surface area (Å²) in [6, 6.07) is 3.87. The highest BCUT2D eigenvalue weighted by atomic mass is 32.2. The van der Waals surface area contributed by atoms with Gasteiger partial charge in [0.2, 0.25) is 5.75 Å². The second kappa shape index (κ2) is 7.12. The number of hydrogen-bond acceptors (Lipinski definition) is 6. The lowest BCUT2D eigenvalue weighted by molar-refractivity contribution is -0.386. The van der Waals surface area contributed by atoms with Crippen LogP contribution in [0.5, 0.6) is 5.75 Å². The van der Waals surface area contributed by atoms with Gasteiger partial charge in [-0.2, -0.15) is 8.78 Å². The predicted octanol–water partition coefficient (Wildman–Crippen LogP) is 3.67. The van der Waals surface area contributed by atoms with Crippen molar-refractivity contribution in [2.75, 3.05) is 0 Å². The van der Waals surface area contributed by atoms with E-state index in [-0.39, 0.29) is 0 Å². The van der Waals surface area contributed by atoms with Crippen LogP contribution in [-0.2, 0) is 13.0 Å². The fraction of sp³-hybridized carbons (Fsp3) is 0.429. The van der Waals surface area contributed by atoms with Gasteiger partial charge in [-0.1, -0.05) is 6.42 Å². The first kappa shape index (κ1) is 16.6. The largest absolute Gasteiger partial charge is 0.427 e. The monoisotopic (exact) mass is 356 g/mol. The van der Waals surface area contributed by atoms with Crippen molar-refractivity contribution < 1.29 is 18.4 Å². The van der Waals surface area contributed by atoms with Gasteiger partial charge in [-0.25, -0.2) is 0 Å². The molecule has 2 aromatic rings. The van der Waals surface area contributed by atoms with Crippen molar-refractivity contribution in [1.82, 2.24) is 14.8 Å². The molecule has 24 heavy (non-hydrogen) atoms. The summed E-state index contributed by atoms with van der Waals surface area (Å²) in [7, 11) is 0. The molecule has 0 amide bonds. The molecule has 0 N–H and O–H groups in total. The molecule has 0 fully saturated rings. The molecule has 0 saturated carbocycles. The molecule has 1 aromatic heterocycles. The number of aryl methyl sites for hydroxylation is 1. The van der Waals surface area contributed by atoms with E-state index in [1.165, 1.54) is 23.9 Å². The number of alkyl halides is 2. The van der Waals surface area contributed by atoms with Crippen molar-refractivity contribution >= 4 is 17.4 Å². The minimum atomic E-state index is -3.13. The average Bonchev–Trinajstić information content (AvgIpc) is 2.75. The van der Waals surface area contributed by atoms with Gasteiger partial charge in [0, 0.05) is 30.0 Å². The molecule has 1 aromatic carbocycles. The Hall–Kier alpha value is -2.23. The van der Waals surface area contributed by atoms with Gasteiger partial charge >= 0.3 is 12.3 Å². The third-order valence-corrected chi connectivity index (χ3v) is 4.60. The number of fused-ring (bicyclic) bond motifs is 1. The Bertz CT molecular complexity index is 754. The molecular formula is C14H14F2N4O3S. The van der Waals surface area contributed by atoms with E-state index in [0.29, 0.717) is 10.1 Å². The number of ether oxygens (including phenoxy) is 1. The predicted molar refractivity (Wildman–Crippen MR) is 81.4 cm³/mol. The number of aromatic nitrogens is 3. The van der Waals surface area contributed by atoms with E-state index < -0.39 is 23.0 Å². The van der Waals surface area contributed by atoms with E-state index in [0.717, 1.165) is 44.1 Å². The summed E-state index contributed by atoms with van der Waals surface area (Å²) in [6.45, 7) is -2.33. The van der Waals surface area contributed by atoms with E-state index in [9.17, 15) is 18.9 Å². The van der Waals surface area contributed by atoms with Gasteiger partial charge in [-0.3, -0.25) is 10.1 Å². The Morgan fingerprint density at radius 1 is 1.29 bits per heavy atom. The summed E-state index contributed by atoms with van der Waals surface area (Å²) in [6.07, 6.45) is 4.07. The Labute approximate surface area is 140 Å². The third-order valence-electron chi connectivity index (χ3n) is 3.63. The zero-order valence-electron chi connectivity index (χ0n) is 12.5. The molecule has 0 unspecified atom stereocenters. The lowest BCUT2D eigenvalue weighted by atomic mass is 10.2. The maximum absolute atomic E-state index is 12.5. The van der Waals surface area contributed by atoms with E-state index >= 15 is 0 Å². The molecule has 7 nitrogen and oxygen atoms in total. The average molecular weight is 356 g/mol. The van der Waals surface area contributed by atoms with Crippen LogP contribution in [0.15, 0.2) is 28.3 Å². The van der Waals surface area contributed by atoms with E-state index in [1.807, 2.05) is 4.57 Å². The number of rotatable bonds is 5. The van der Waals surface area contributed by atoms with Gasteiger partial charge in [0.15, 0.2) is 5.16 Å². The summed E-state index contributed by atoms with van der Waals surface area (Å²) < 4.78 is 31.2. The van der Waals surface area contributed by atoms with Crippen LogP contribution >= 0.6 is 11.8 Å². The van der Waals surface area contributed by atoms with E-state index in [1.54, 1.807) is 0 Å². The standard InChI is InChI=1S/C14H14F2N4O3S/c15-13(16)23-11-8-9(5-6-10(11)20(21)22)24-14-18-17-12-4-2-1-3-7-19(12)14/h5-6,8,13H,1-4,7H2. The highest BCUT2D eigenvalue weighted by molar-refractivity contribution is 7.99. The summed E-state index contributed by atoms with van der Waals surface area (Å²) in [5, 5.41) is 19.8. The maximum atomic E-state index is 12.5. The van der Waals surface area contributed by atoms with Crippen LogP contribution in [0.4, 0.5) is 14.5 Å². The zero-order valence-corrected chi connectivity index (χ0v) is 13.3. The van der Waals surface area contributed by atoms with Crippen LogP contribution in [0.1, 0.15) is 25.1 Å². The van der Waals surface area contributed by atoms with Crippen LogP contribution in [0, 0.1) is 10.1 Å². The molecule has 0 spiro atoms. The lowest BCUT2D eigenvalue weighted by Crippen LogP contribution is -2.05. The molecule has 0 radical (unpaired) electrons. The van der Waals surface area contributed by atoms with Gasteiger partial charge in [0.1, 0.15) is 5.82 Å². The highest BCUT2D eigenvalue weighted by Crippen LogP contribution is 2.36. The van der Waals surface area contributed by atoms with Crippen LogP contribution < -0.4 is 4.74 Å². The number of benzene rings is 1. The summed E-state index contributed by atoms with van der Waals surface area (Å²) in [5.74, 6) is 0.441. The van der Waals surface area contributed by atoms with E-state index in [2.05, 4.69) is 14.9 Å². The number of nitro groups is 1. The minimum absolute atomic E-state index is 0.462. The first-order chi connectivity index (χ1) is 11.5. The molecule has 2 heterocycles. The molecule has 1 aliphatic heterocycles. The van der Waals surface area contributed by atoms with Gasteiger partial charge in [-0.15, -0.1) is 10.2 Å². The second-order valence-electron chi connectivity index (χ2n) is 5.23. The first-order valence-electron chi connectivity index (χ1n) is 7.38. The maximum Gasteiger partial charge on any atom is 0.387 e. The van der Waals surface area contributed by atoms with Gasteiger partial charge < -0.3 is 9.30 Å². The fourth-order valence-corrected chi connectivity index (χ4v) is 3.44. The smallest absolute Gasteiger partial charge is 0.387 e. The van der Waals surface area contributed by atoms with Crippen molar-refractivity contribution in [1.29, 1.82) is 0 Å².